The van der Waals surface area contributed by atoms with Crippen LogP contribution < -0.4 is 10.9 Å². The molecule has 8 heteroatoms. The Kier molecular flexibility index (Phi) is 5.69. The number of hydrogen-bond acceptors (Lipinski definition) is 6. The predicted octanol–water partition coefficient (Wildman–Crippen LogP) is 2.71. The molecule has 3 rings (SSSR count). The van der Waals surface area contributed by atoms with E-state index in [9.17, 15) is 14.4 Å². The van der Waals surface area contributed by atoms with E-state index in [1.165, 1.54) is 18.4 Å². The second-order valence-electron chi connectivity index (χ2n) is 6.27. The van der Waals surface area contributed by atoms with E-state index in [-0.39, 0.29) is 12.6 Å². The van der Waals surface area contributed by atoms with Gasteiger partial charge in [-0.15, -0.1) is 0 Å². The molecule has 0 fully saturated rings. The Balaban J connectivity index is 1.67. The standard InChI is InChI=1S/C20H19N3O5/c1-13(2)28-20(26)14-5-7-15(8-6-14)21-18(24)12-23-19(25)10-9-16(22-23)17-4-3-11-27-17/h3-11,13H,12H2,1-2H3,(H,21,24). The molecule has 0 radical (unpaired) electrons. The number of carbonyl (C=O) groups is 2. The summed E-state index contributed by atoms with van der Waals surface area (Å²) >= 11 is 0. The molecule has 0 saturated heterocycles. The highest BCUT2D eigenvalue weighted by Crippen LogP contribution is 2.15. The summed E-state index contributed by atoms with van der Waals surface area (Å²) in [6, 6.07) is 12.6. The van der Waals surface area contributed by atoms with Gasteiger partial charge >= 0.3 is 5.97 Å². The number of ether oxygens (including phenoxy) is 1. The van der Waals surface area contributed by atoms with Gasteiger partial charge in [0.05, 0.1) is 17.9 Å². The first kappa shape index (κ1) is 19.1. The van der Waals surface area contributed by atoms with Crippen LogP contribution in [0.4, 0.5) is 5.69 Å². The van der Waals surface area contributed by atoms with Crippen molar-refractivity contribution in [1.29, 1.82) is 0 Å². The van der Waals surface area contributed by atoms with Crippen LogP contribution >= 0.6 is 0 Å². The minimum atomic E-state index is -0.432. The Morgan fingerprint density at radius 1 is 1.14 bits per heavy atom. The van der Waals surface area contributed by atoms with Crippen LogP contribution in [0.2, 0.25) is 0 Å². The number of esters is 1. The number of carbonyl (C=O) groups excluding carboxylic acids is 2. The van der Waals surface area contributed by atoms with Crippen molar-refractivity contribution in [3.63, 3.8) is 0 Å². The van der Waals surface area contributed by atoms with Crippen LogP contribution in [0.25, 0.3) is 11.5 Å². The lowest BCUT2D eigenvalue weighted by Crippen LogP contribution is -2.29. The molecule has 0 spiro atoms. The first-order valence-electron chi connectivity index (χ1n) is 8.65. The lowest BCUT2D eigenvalue weighted by atomic mass is 10.2. The molecule has 0 atom stereocenters. The van der Waals surface area contributed by atoms with Crippen LogP contribution in [0.1, 0.15) is 24.2 Å². The van der Waals surface area contributed by atoms with Crippen molar-refractivity contribution in [3.8, 4) is 11.5 Å². The smallest absolute Gasteiger partial charge is 0.338 e. The van der Waals surface area contributed by atoms with Crippen LogP contribution in [0, 0.1) is 0 Å². The molecule has 2 heterocycles. The number of aromatic nitrogens is 2. The zero-order valence-electron chi connectivity index (χ0n) is 15.4. The third-order valence-electron chi connectivity index (χ3n) is 3.68. The van der Waals surface area contributed by atoms with Crippen molar-refractivity contribution in [1.82, 2.24) is 9.78 Å². The molecule has 1 aromatic carbocycles. The molecule has 0 aliphatic rings. The summed E-state index contributed by atoms with van der Waals surface area (Å²) in [5, 5.41) is 6.81. The van der Waals surface area contributed by atoms with Gasteiger partial charge in [0, 0.05) is 11.8 Å². The van der Waals surface area contributed by atoms with Crippen LogP contribution in [0.5, 0.6) is 0 Å². The molecule has 8 nitrogen and oxygen atoms in total. The Morgan fingerprint density at radius 2 is 1.89 bits per heavy atom. The summed E-state index contributed by atoms with van der Waals surface area (Å²) in [4.78, 5) is 36.1. The van der Waals surface area contributed by atoms with Gasteiger partial charge in [-0.2, -0.15) is 5.10 Å². The number of nitrogens with one attached hydrogen (secondary N) is 1. The molecule has 144 valence electrons. The molecule has 0 aliphatic heterocycles. The molecule has 0 unspecified atom stereocenters. The first-order chi connectivity index (χ1) is 13.4. The molecule has 1 amide bonds. The number of nitrogens with zero attached hydrogens (tertiary/aromatic N) is 2. The maximum absolute atomic E-state index is 12.3. The van der Waals surface area contributed by atoms with Crippen molar-refractivity contribution in [2.45, 2.75) is 26.5 Å². The summed E-state index contributed by atoms with van der Waals surface area (Å²) in [6.07, 6.45) is 1.29. The molecule has 0 bridgehead atoms. The summed E-state index contributed by atoms with van der Waals surface area (Å²) in [7, 11) is 0. The zero-order chi connectivity index (χ0) is 20.1. The molecule has 3 aromatic rings. The SMILES string of the molecule is CC(C)OC(=O)c1ccc(NC(=O)Cn2nc(-c3ccco3)ccc2=O)cc1. The van der Waals surface area contributed by atoms with Crippen molar-refractivity contribution in [2.75, 3.05) is 5.32 Å². The zero-order valence-corrected chi connectivity index (χ0v) is 15.4. The van der Waals surface area contributed by atoms with Gasteiger partial charge in [-0.25, -0.2) is 9.48 Å². The number of anilines is 1. The maximum Gasteiger partial charge on any atom is 0.338 e. The van der Waals surface area contributed by atoms with Crippen molar-refractivity contribution in [3.05, 3.63) is 70.7 Å². The van der Waals surface area contributed by atoms with Gasteiger partial charge in [-0.3, -0.25) is 9.59 Å². The fraction of sp³-hybridized carbons (Fsp3) is 0.200. The molecular formula is C20H19N3O5. The van der Waals surface area contributed by atoms with E-state index in [0.717, 1.165) is 4.68 Å². The number of benzene rings is 1. The third-order valence-corrected chi connectivity index (χ3v) is 3.68. The molecule has 1 N–H and O–H groups in total. The highest BCUT2D eigenvalue weighted by atomic mass is 16.5. The monoisotopic (exact) mass is 381 g/mol. The molecule has 0 saturated carbocycles. The van der Waals surface area contributed by atoms with Crippen molar-refractivity contribution >= 4 is 17.6 Å². The van der Waals surface area contributed by atoms with Gasteiger partial charge in [0.1, 0.15) is 12.2 Å². The Hall–Kier alpha value is -3.68. The quantitative estimate of drug-likeness (QED) is 0.659. The van der Waals surface area contributed by atoms with Crippen LogP contribution in [0.15, 0.2) is 64.0 Å². The summed E-state index contributed by atoms with van der Waals surface area (Å²) in [5.74, 6) is -0.361. The van der Waals surface area contributed by atoms with E-state index in [4.69, 9.17) is 9.15 Å². The minimum Gasteiger partial charge on any atom is -0.463 e. The fourth-order valence-corrected chi connectivity index (χ4v) is 2.43. The molecular weight excluding hydrogens is 362 g/mol. The minimum absolute atomic E-state index is 0.213. The van der Waals surface area contributed by atoms with Crippen LogP contribution in [-0.2, 0) is 16.1 Å². The Morgan fingerprint density at radius 3 is 2.54 bits per heavy atom. The van der Waals surface area contributed by atoms with Gasteiger partial charge in [0.15, 0.2) is 5.76 Å². The number of rotatable bonds is 6. The average Bonchev–Trinajstić information content (AvgIpc) is 3.18. The average molecular weight is 381 g/mol. The fourth-order valence-electron chi connectivity index (χ4n) is 2.43. The van der Waals surface area contributed by atoms with Crippen LogP contribution in [0.3, 0.4) is 0 Å². The summed E-state index contributed by atoms with van der Waals surface area (Å²) in [6.45, 7) is 3.28. The summed E-state index contributed by atoms with van der Waals surface area (Å²) < 4.78 is 11.4. The van der Waals surface area contributed by atoms with Crippen molar-refractivity contribution < 1.29 is 18.7 Å². The second kappa shape index (κ2) is 8.34. The van der Waals surface area contributed by atoms with Gasteiger partial charge in [-0.05, 0) is 56.3 Å². The van der Waals surface area contributed by atoms with E-state index >= 15 is 0 Å². The van der Waals surface area contributed by atoms with E-state index in [1.807, 2.05) is 0 Å². The predicted molar refractivity (Wildman–Crippen MR) is 102 cm³/mol. The van der Waals surface area contributed by atoms with Gasteiger partial charge < -0.3 is 14.5 Å². The van der Waals surface area contributed by atoms with E-state index < -0.39 is 17.4 Å². The van der Waals surface area contributed by atoms with Gasteiger partial charge in [0.25, 0.3) is 5.56 Å². The van der Waals surface area contributed by atoms with E-state index in [0.29, 0.717) is 22.7 Å². The lowest BCUT2D eigenvalue weighted by Gasteiger charge is -2.09. The Bertz CT molecular complexity index is 1020. The van der Waals surface area contributed by atoms with E-state index in [1.54, 1.807) is 50.2 Å². The first-order valence-corrected chi connectivity index (χ1v) is 8.65. The molecule has 28 heavy (non-hydrogen) atoms. The second-order valence-corrected chi connectivity index (χ2v) is 6.27. The number of hydrogen-bond donors (Lipinski definition) is 1. The van der Waals surface area contributed by atoms with Crippen molar-refractivity contribution in [2.24, 2.45) is 0 Å². The lowest BCUT2D eigenvalue weighted by molar-refractivity contribution is -0.117. The topological polar surface area (TPSA) is 103 Å². The van der Waals surface area contributed by atoms with Gasteiger partial charge in [-0.1, -0.05) is 0 Å². The number of amides is 1. The molecule has 2 aromatic heterocycles. The normalized spacial score (nSPS) is 10.7. The van der Waals surface area contributed by atoms with Crippen LogP contribution in [-0.4, -0.2) is 27.8 Å². The Labute approximate surface area is 160 Å². The third kappa shape index (κ3) is 4.73. The van der Waals surface area contributed by atoms with Gasteiger partial charge in [0.2, 0.25) is 5.91 Å². The van der Waals surface area contributed by atoms with E-state index in [2.05, 4.69) is 10.4 Å². The summed E-state index contributed by atoms with van der Waals surface area (Å²) in [5.41, 5.74) is 0.916. The number of furan rings is 1. The highest BCUT2D eigenvalue weighted by Gasteiger charge is 2.11. The highest BCUT2D eigenvalue weighted by molar-refractivity contribution is 5.93. The largest absolute Gasteiger partial charge is 0.463 e. The maximum atomic E-state index is 12.3. The molecule has 0 aliphatic carbocycles.